The Morgan fingerprint density at radius 3 is 2.75 bits per heavy atom. The van der Waals surface area contributed by atoms with Crippen molar-refractivity contribution in [3.8, 4) is 0 Å². The van der Waals surface area contributed by atoms with Crippen LogP contribution >= 0.6 is 0 Å². The predicted molar refractivity (Wildman–Crippen MR) is 76.6 cm³/mol. The van der Waals surface area contributed by atoms with Crippen LogP contribution in [0.15, 0.2) is 17.2 Å². The first-order valence-corrected chi connectivity index (χ1v) is 8.22. The molecule has 2 rings (SSSR count). The lowest BCUT2D eigenvalue weighted by Crippen LogP contribution is -2.46. The number of hydrogen-bond acceptors (Lipinski definition) is 4. The van der Waals surface area contributed by atoms with E-state index in [2.05, 4.69) is 6.92 Å². The number of ether oxygens (including phenoxy) is 1. The Morgan fingerprint density at radius 2 is 2.20 bits per heavy atom. The van der Waals surface area contributed by atoms with Crippen LogP contribution in [0.3, 0.4) is 0 Å². The maximum Gasteiger partial charge on any atom is 0.244 e. The van der Waals surface area contributed by atoms with Crippen LogP contribution in [0.2, 0.25) is 0 Å². The molecule has 1 aliphatic heterocycles. The summed E-state index contributed by atoms with van der Waals surface area (Å²) in [6.45, 7) is 3.36. The molecule has 0 spiro atoms. The van der Waals surface area contributed by atoms with Gasteiger partial charge < -0.3 is 15.0 Å². The van der Waals surface area contributed by atoms with Crippen LogP contribution in [0.25, 0.3) is 0 Å². The van der Waals surface area contributed by atoms with E-state index in [9.17, 15) is 8.42 Å². The molecule has 6 nitrogen and oxygen atoms in total. The van der Waals surface area contributed by atoms with E-state index in [-0.39, 0.29) is 6.10 Å². The van der Waals surface area contributed by atoms with E-state index in [0.717, 1.165) is 12.1 Å². The fourth-order valence-corrected chi connectivity index (χ4v) is 4.16. The lowest BCUT2D eigenvalue weighted by molar-refractivity contribution is 0.0184. The third-order valence-electron chi connectivity index (χ3n) is 4.08. The monoisotopic (exact) mass is 301 g/mol. The quantitative estimate of drug-likeness (QED) is 0.880. The summed E-state index contributed by atoms with van der Waals surface area (Å²) in [6.07, 6.45) is 2.39. The highest BCUT2D eigenvalue weighted by Crippen LogP contribution is 2.26. The van der Waals surface area contributed by atoms with Gasteiger partial charge >= 0.3 is 0 Å². The summed E-state index contributed by atoms with van der Waals surface area (Å²) in [5, 5.41) is 0. The Hall–Kier alpha value is -0.890. The summed E-state index contributed by atoms with van der Waals surface area (Å²) >= 11 is 0. The Labute approximate surface area is 120 Å². The second-order valence-electron chi connectivity index (χ2n) is 5.39. The second-order valence-corrected chi connectivity index (χ2v) is 7.32. The van der Waals surface area contributed by atoms with Gasteiger partial charge in [-0.25, -0.2) is 8.42 Å². The summed E-state index contributed by atoms with van der Waals surface area (Å²) in [6, 6.07) is 1.65. The largest absolute Gasteiger partial charge is 0.380 e. The number of aryl methyl sites for hydroxylation is 1. The molecule has 1 aromatic rings. The van der Waals surface area contributed by atoms with E-state index in [1.807, 2.05) is 0 Å². The van der Waals surface area contributed by atoms with Crippen molar-refractivity contribution in [3.63, 3.8) is 0 Å². The van der Waals surface area contributed by atoms with Crippen molar-refractivity contribution in [2.45, 2.75) is 30.9 Å². The van der Waals surface area contributed by atoms with Gasteiger partial charge in [0.1, 0.15) is 4.90 Å². The fourth-order valence-electron chi connectivity index (χ4n) is 2.60. The molecule has 1 saturated heterocycles. The molecule has 1 aromatic heterocycles. The van der Waals surface area contributed by atoms with Crippen LogP contribution in [0.5, 0.6) is 0 Å². The molecule has 0 aliphatic carbocycles. The molecule has 0 aromatic carbocycles. The highest BCUT2D eigenvalue weighted by molar-refractivity contribution is 7.89. The summed E-state index contributed by atoms with van der Waals surface area (Å²) in [4.78, 5) is 0.310. The van der Waals surface area contributed by atoms with Crippen molar-refractivity contribution >= 4 is 10.0 Å². The number of hydrogen-bond donors (Lipinski definition) is 1. The first kappa shape index (κ1) is 15.5. The Kier molecular flexibility index (Phi) is 4.53. The molecule has 1 fully saturated rings. The maximum absolute atomic E-state index is 12.7. The van der Waals surface area contributed by atoms with Crippen LogP contribution < -0.4 is 5.73 Å². The molecule has 20 heavy (non-hydrogen) atoms. The van der Waals surface area contributed by atoms with Crippen molar-refractivity contribution < 1.29 is 13.2 Å². The number of piperidine rings is 1. The third-order valence-corrected chi connectivity index (χ3v) is 5.92. The number of nitrogens with zero attached hydrogens (tertiary/aromatic N) is 2. The number of methoxy groups -OCH3 is 1. The molecular formula is C13H23N3O3S. The molecule has 7 heteroatoms. The van der Waals surface area contributed by atoms with Gasteiger partial charge in [0.05, 0.1) is 6.10 Å². The van der Waals surface area contributed by atoms with E-state index in [1.54, 1.807) is 31.0 Å². The van der Waals surface area contributed by atoms with E-state index in [1.165, 1.54) is 4.31 Å². The lowest BCUT2D eigenvalue weighted by Gasteiger charge is -2.35. The zero-order chi connectivity index (χ0) is 14.9. The lowest BCUT2D eigenvalue weighted by atomic mass is 9.97. The normalized spacial score (nSPS) is 25.0. The topological polar surface area (TPSA) is 77.6 Å². The molecule has 1 aliphatic rings. The van der Waals surface area contributed by atoms with Crippen LogP contribution in [-0.4, -0.2) is 43.6 Å². The van der Waals surface area contributed by atoms with E-state index >= 15 is 0 Å². The number of rotatable bonds is 4. The SMILES string of the molecule is COC1CN(S(=O)(=O)c2cc(CN)n(C)c2)CCC1C. The minimum absolute atomic E-state index is 0.0452. The first-order chi connectivity index (χ1) is 9.40. The first-order valence-electron chi connectivity index (χ1n) is 6.78. The smallest absolute Gasteiger partial charge is 0.244 e. The Balaban J connectivity index is 2.25. The average molecular weight is 301 g/mol. The fraction of sp³-hybridized carbons (Fsp3) is 0.692. The minimum atomic E-state index is -3.46. The van der Waals surface area contributed by atoms with Gasteiger partial charge in [-0.2, -0.15) is 4.31 Å². The number of sulfonamides is 1. The molecule has 0 bridgehead atoms. The summed E-state index contributed by atoms with van der Waals surface area (Å²) in [7, 11) is -0.0290. The zero-order valence-electron chi connectivity index (χ0n) is 12.2. The van der Waals surface area contributed by atoms with Gasteiger partial charge in [0, 0.05) is 45.7 Å². The van der Waals surface area contributed by atoms with E-state index in [4.69, 9.17) is 10.5 Å². The summed E-state index contributed by atoms with van der Waals surface area (Å²) in [5.41, 5.74) is 6.40. The van der Waals surface area contributed by atoms with Gasteiger partial charge in [-0.1, -0.05) is 6.92 Å². The summed E-state index contributed by atoms with van der Waals surface area (Å²) in [5.74, 6) is 0.377. The number of aromatic nitrogens is 1. The van der Waals surface area contributed by atoms with Gasteiger partial charge in [-0.15, -0.1) is 0 Å². The van der Waals surface area contributed by atoms with E-state index in [0.29, 0.717) is 30.4 Å². The van der Waals surface area contributed by atoms with Crippen molar-refractivity contribution in [2.24, 2.45) is 18.7 Å². The van der Waals surface area contributed by atoms with Gasteiger partial charge in [-0.05, 0) is 18.4 Å². The highest BCUT2D eigenvalue weighted by Gasteiger charge is 2.34. The van der Waals surface area contributed by atoms with E-state index < -0.39 is 10.0 Å². The minimum Gasteiger partial charge on any atom is -0.380 e. The average Bonchev–Trinajstić information content (AvgIpc) is 2.81. The van der Waals surface area contributed by atoms with Crippen molar-refractivity contribution in [3.05, 3.63) is 18.0 Å². The predicted octanol–water partition coefficient (Wildman–Crippen LogP) is 0.529. The van der Waals surface area contributed by atoms with Crippen molar-refractivity contribution in [2.75, 3.05) is 20.2 Å². The highest BCUT2D eigenvalue weighted by atomic mass is 32.2. The second kappa shape index (κ2) is 5.85. The van der Waals surface area contributed by atoms with Crippen LogP contribution in [0, 0.1) is 5.92 Å². The van der Waals surface area contributed by atoms with Crippen LogP contribution in [0.1, 0.15) is 19.0 Å². The van der Waals surface area contributed by atoms with Crippen molar-refractivity contribution in [1.29, 1.82) is 0 Å². The Bertz CT molecular complexity index is 567. The van der Waals surface area contributed by atoms with Crippen LogP contribution in [-0.2, 0) is 28.4 Å². The molecule has 0 saturated carbocycles. The molecule has 2 N–H and O–H groups in total. The molecular weight excluding hydrogens is 278 g/mol. The van der Waals surface area contributed by atoms with Gasteiger partial charge in [0.15, 0.2) is 0 Å². The third kappa shape index (κ3) is 2.76. The Morgan fingerprint density at radius 1 is 1.50 bits per heavy atom. The van der Waals surface area contributed by atoms with Gasteiger partial charge in [0.2, 0.25) is 10.0 Å². The summed E-state index contributed by atoms with van der Waals surface area (Å²) < 4.78 is 34.0. The maximum atomic E-state index is 12.7. The number of nitrogens with two attached hydrogens (primary N) is 1. The standard InChI is InChI=1S/C13H23N3O3S/c1-10-4-5-16(9-13(10)19-3)20(17,18)12-6-11(7-14)15(2)8-12/h6,8,10,13H,4-5,7,9,14H2,1-3H3. The van der Waals surface area contributed by atoms with Crippen LogP contribution in [0.4, 0.5) is 0 Å². The van der Waals surface area contributed by atoms with Gasteiger partial charge in [0.25, 0.3) is 0 Å². The molecule has 2 heterocycles. The molecule has 0 radical (unpaired) electrons. The molecule has 2 atom stereocenters. The van der Waals surface area contributed by atoms with Crippen molar-refractivity contribution in [1.82, 2.24) is 8.87 Å². The van der Waals surface area contributed by atoms with Gasteiger partial charge in [-0.3, -0.25) is 0 Å². The molecule has 2 unspecified atom stereocenters. The zero-order valence-corrected chi connectivity index (χ0v) is 13.1. The molecule has 114 valence electrons. The molecule has 0 amide bonds.